The normalized spacial score (nSPS) is 16.8. The monoisotopic (exact) mass is 348 g/mol. The molecule has 1 saturated heterocycles. The first-order valence-corrected chi connectivity index (χ1v) is 8.69. The van der Waals surface area contributed by atoms with Crippen molar-refractivity contribution in [2.45, 2.75) is 19.3 Å². The van der Waals surface area contributed by atoms with Gasteiger partial charge in [0.1, 0.15) is 0 Å². The summed E-state index contributed by atoms with van der Waals surface area (Å²) in [5.41, 5.74) is 3.11. The second-order valence-corrected chi connectivity index (χ2v) is 6.65. The van der Waals surface area contributed by atoms with Crippen LogP contribution in [-0.2, 0) is 0 Å². The van der Waals surface area contributed by atoms with Crippen LogP contribution in [0, 0.1) is 6.92 Å². The number of aryl methyl sites for hydroxylation is 1. The van der Waals surface area contributed by atoms with Crippen molar-refractivity contribution < 1.29 is 9.90 Å². The van der Waals surface area contributed by atoms with Crippen LogP contribution in [0.4, 0.5) is 5.82 Å². The molecular formula is C20H20N4O2. The molecule has 1 N–H and O–H groups in total. The van der Waals surface area contributed by atoms with Crippen molar-refractivity contribution in [1.82, 2.24) is 15.0 Å². The van der Waals surface area contributed by atoms with Crippen LogP contribution in [0.5, 0.6) is 0 Å². The lowest BCUT2D eigenvalue weighted by Gasteiger charge is -2.16. The van der Waals surface area contributed by atoms with Gasteiger partial charge in [0.15, 0.2) is 5.82 Å². The maximum Gasteiger partial charge on any atom is 0.360 e. The SMILES string of the molecule is Cc1cccc(-n2nc(C(=O)O)c(N3CC[C@@H](c4ccccc4)C3)n2)c1. The highest BCUT2D eigenvalue weighted by Crippen LogP contribution is 2.31. The number of hydrogen-bond acceptors (Lipinski definition) is 4. The molecule has 0 spiro atoms. The summed E-state index contributed by atoms with van der Waals surface area (Å²) in [6, 6.07) is 18.0. The zero-order valence-electron chi connectivity index (χ0n) is 14.5. The minimum atomic E-state index is -1.05. The van der Waals surface area contributed by atoms with Crippen LogP contribution in [-0.4, -0.2) is 39.2 Å². The summed E-state index contributed by atoms with van der Waals surface area (Å²) in [5.74, 6) is -0.235. The van der Waals surface area contributed by atoms with E-state index in [-0.39, 0.29) is 5.69 Å². The zero-order chi connectivity index (χ0) is 18.1. The van der Waals surface area contributed by atoms with E-state index in [9.17, 15) is 9.90 Å². The van der Waals surface area contributed by atoms with Crippen LogP contribution >= 0.6 is 0 Å². The largest absolute Gasteiger partial charge is 0.476 e. The Labute approximate surface area is 151 Å². The first-order valence-electron chi connectivity index (χ1n) is 8.69. The van der Waals surface area contributed by atoms with Crippen LogP contribution in [0.3, 0.4) is 0 Å². The lowest BCUT2D eigenvalue weighted by molar-refractivity contribution is 0.0690. The number of nitrogens with zero attached hydrogens (tertiary/aromatic N) is 4. The Hall–Kier alpha value is -3.15. The maximum absolute atomic E-state index is 11.7. The highest BCUT2D eigenvalue weighted by Gasteiger charge is 2.30. The summed E-state index contributed by atoms with van der Waals surface area (Å²) in [6.45, 7) is 3.50. The topological polar surface area (TPSA) is 71.2 Å². The molecule has 6 heteroatoms. The highest BCUT2D eigenvalue weighted by atomic mass is 16.4. The molecule has 1 atom stereocenters. The molecule has 4 rings (SSSR count). The Morgan fingerprint density at radius 2 is 1.92 bits per heavy atom. The van der Waals surface area contributed by atoms with Gasteiger partial charge in [-0.1, -0.05) is 42.5 Å². The van der Waals surface area contributed by atoms with Crippen molar-refractivity contribution >= 4 is 11.8 Å². The highest BCUT2D eigenvalue weighted by molar-refractivity contribution is 5.91. The zero-order valence-corrected chi connectivity index (χ0v) is 14.5. The second kappa shape index (κ2) is 6.63. The van der Waals surface area contributed by atoms with Gasteiger partial charge < -0.3 is 10.0 Å². The Bertz CT molecular complexity index is 936. The van der Waals surface area contributed by atoms with Gasteiger partial charge in [0.05, 0.1) is 5.69 Å². The number of benzene rings is 2. The fraction of sp³-hybridized carbons (Fsp3) is 0.250. The molecule has 0 unspecified atom stereocenters. The molecule has 6 nitrogen and oxygen atoms in total. The lowest BCUT2D eigenvalue weighted by atomic mass is 9.99. The Balaban J connectivity index is 1.65. The van der Waals surface area contributed by atoms with Crippen LogP contribution < -0.4 is 4.90 Å². The number of carboxylic acids is 1. The fourth-order valence-corrected chi connectivity index (χ4v) is 3.47. The molecule has 26 heavy (non-hydrogen) atoms. The van der Waals surface area contributed by atoms with Crippen LogP contribution in [0.15, 0.2) is 54.6 Å². The van der Waals surface area contributed by atoms with E-state index in [2.05, 4.69) is 22.3 Å². The first kappa shape index (κ1) is 16.3. The van der Waals surface area contributed by atoms with E-state index in [0.717, 1.165) is 30.8 Å². The van der Waals surface area contributed by atoms with Crippen LogP contribution in [0.2, 0.25) is 0 Å². The van der Waals surface area contributed by atoms with Gasteiger partial charge in [-0.05, 0) is 36.6 Å². The Morgan fingerprint density at radius 1 is 1.12 bits per heavy atom. The first-order chi connectivity index (χ1) is 12.6. The molecule has 3 aromatic rings. The van der Waals surface area contributed by atoms with Gasteiger partial charge in [-0.25, -0.2) is 4.79 Å². The van der Waals surface area contributed by atoms with Gasteiger partial charge in [0, 0.05) is 19.0 Å². The summed E-state index contributed by atoms with van der Waals surface area (Å²) in [5, 5.41) is 18.3. The number of rotatable bonds is 4. The molecule has 0 bridgehead atoms. The van der Waals surface area contributed by atoms with Crippen LogP contribution in [0.25, 0.3) is 5.69 Å². The van der Waals surface area contributed by atoms with Gasteiger partial charge in [-0.15, -0.1) is 15.0 Å². The van der Waals surface area contributed by atoms with Gasteiger partial charge in [-0.2, -0.15) is 0 Å². The van der Waals surface area contributed by atoms with Gasteiger partial charge in [0.2, 0.25) is 5.69 Å². The summed E-state index contributed by atoms with van der Waals surface area (Å²) < 4.78 is 0. The minimum Gasteiger partial charge on any atom is -0.476 e. The predicted molar refractivity (Wildman–Crippen MR) is 99.1 cm³/mol. The number of anilines is 1. The molecule has 132 valence electrons. The molecular weight excluding hydrogens is 328 g/mol. The van der Waals surface area contributed by atoms with Crippen LogP contribution in [0.1, 0.15) is 34.0 Å². The van der Waals surface area contributed by atoms with Crippen molar-refractivity contribution in [2.75, 3.05) is 18.0 Å². The lowest BCUT2D eigenvalue weighted by Crippen LogP contribution is -2.22. The quantitative estimate of drug-likeness (QED) is 0.783. The van der Waals surface area contributed by atoms with Crippen molar-refractivity contribution in [3.8, 4) is 5.69 Å². The fourth-order valence-electron chi connectivity index (χ4n) is 3.47. The average Bonchev–Trinajstić information content (AvgIpc) is 3.30. The van der Waals surface area contributed by atoms with E-state index in [4.69, 9.17) is 0 Å². The maximum atomic E-state index is 11.7. The number of carboxylic acid groups (broad SMARTS) is 1. The average molecular weight is 348 g/mol. The minimum absolute atomic E-state index is 0.000202. The molecule has 1 aliphatic heterocycles. The van der Waals surface area contributed by atoms with Crippen molar-refractivity contribution in [3.05, 3.63) is 71.4 Å². The van der Waals surface area contributed by atoms with E-state index in [1.165, 1.54) is 10.4 Å². The standard InChI is InChI=1S/C20H20N4O2/c1-14-6-5-9-17(12-14)24-21-18(20(25)26)19(22-24)23-11-10-16(13-23)15-7-3-2-4-8-15/h2-9,12,16H,10-11,13H2,1H3,(H,25,26)/t16-/m1/s1. The molecule has 0 aliphatic carbocycles. The van der Waals surface area contributed by atoms with E-state index in [1.807, 2.05) is 54.3 Å². The van der Waals surface area contributed by atoms with Crippen molar-refractivity contribution in [2.24, 2.45) is 0 Å². The summed E-state index contributed by atoms with van der Waals surface area (Å²) in [6.07, 6.45) is 0.973. The summed E-state index contributed by atoms with van der Waals surface area (Å²) >= 11 is 0. The van der Waals surface area contributed by atoms with Gasteiger partial charge in [-0.3, -0.25) is 0 Å². The number of aromatic carboxylic acids is 1. The molecule has 1 aliphatic rings. The third-order valence-electron chi connectivity index (χ3n) is 4.79. The van der Waals surface area contributed by atoms with Gasteiger partial charge in [0.25, 0.3) is 0 Å². The predicted octanol–water partition coefficient (Wildman–Crippen LogP) is 3.27. The van der Waals surface area contributed by atoms with E-state index in [0.29, 0.717) is 11.7 Å². The molecule has 0 radical (unpaired) electrons. The second-order valence-electron chi connectivity index (χ2n) is 6.65. The van der Waals surface area contributed by atoms with Crippen molar-refractivity contribution in [1.29, 1.82) is 0 Å². The third kappa shape index (κ3) is 3.06. The molecule has 2 heterocycles. The van der Waals surface area contributed by atoms with Crippen molar-refractivity contribution in [3.63, 3.8) is 0 Å². The van der Waals surface area contributed by atoms with E-state index < -0.39 is 5.97 Å². The molecule has 1 fully saturated rings. The molecule has 0 amide bonds. The number of aromatic nitrogens is 3. The summed E-state index contributed by atoms with van der Waals surface area (Å²) in [4.78, 5) is 15.1. The molecule has 1 aromatic heterocycles. The molecule has 0 saturated carbocycles. The van der Waals surface area contributed by atoms with E-state index in [1.54, 1.807) is 0 Å². The summed E-state index contributed by atoms with van der Waals surface area (Å²) in [7, 11) is 0. The Kier molecular flexibility index (Phi) is 4.16. The Morgan fingerprint density at radius 3 is 2.65 bits per heavy atom. The third-order valence-corrected chi connectivity index (χ3v) is 4.79. The van der Waals surface area contributed by atoms with E-state index >= 15 is 0 Å². The number of carbonyl (C=O) groups is 1. The number of hydrogen-bond donors (Lipinski definition) is 1. The van der Waals surface area contributed by atoms with Gasteiger partial charge >= 0.3 is 5.97 Å². The molecule has 2 aromatic carbocycles. The smallest absolute Gasteiger partial charge is 0.360 e.